The molecule has 19 heavy (non-hydrogen) atoms. The number of hydrogen-bond donors (Lipinski definition) is 1. The van der Waals surface area contributed by atoms with Crippen LogP contribution in [0.25, 0.3) is 0 Å². The molecule has 0 saturated carbocycles. The van der Waals surface area contributed by atoms with Gasteiger partial charge in [-0.15, -0.1) is 0 Å². The number of nitrogens with one attached hydrogen (secondary N) is 1. The predicted octanol–water partition coefficient (Wildman–Crippen LogP) is 2.18. The average molecular weight is 262 g/mol. The number of carbonyl (C=O) groups excluding carboxylic acids is 1. The molecule has 0 fully saturated rings. The van der Waals surface area contributed by atoms with Crippen LogP contribution in [0.1, 0.15) is 31.4 Å². The number of nitrogens with zero attached hydrogens (tertiary/aromatic N) is 1. The molecule has 5 nitrogen and oxygen atoms in total. The molecule has 0 bridgehead atoms. The lowest BCUT2D eigenvalue weighted by atomic mass is 10.1. The summed E-state index contributed by atoms with van der Waals surface area (Å²) >= 11 is 0. The molecule has 1 rings (SSSR count). The van der Waals surface area contributed by atoms with Gasteiger partial charge in [0.15, 0.2) is 11.5 Å². The second-order valence-corrected chi connectivity index (χ2v) is 3.99. The summed E-state index contributed by atoms with van der Waals surface area (Å²) in [5, 5.41) is 11.8. The molecule has 0 radical (unpaired) electrons. The van der Waals surface area contributed by atoms with Gasteiger partial charge in [0, 0.05) is 6.42 Å². The van der Waals surface area contributed by atoms with Crippen LogP contribution in [0.15, 0.2) is 18.2 Å². The van der Waals surface area contributed by atoms with Crippen molar-refractivity contribution in [3.63, 3.8) is 0 Å². The molecule has 0 heterocycles. The molecule has 0 aliphatic carbocycles. The minimum atomic E-state index is -0.682. The summed E-state index contributed by atoms with van der Waals surface area (Å²) in [5.74, 6) is 0.983. The van der Waals surface area contributed by atoms with Gasteiger partial charge in [0.05, 0.1) is 20.3 Å². The number of methoxy groups -OCH3 is 2. The number of hydrogen-bond acceptors (Lipinski definition) is 4. The van der Waals surface area contributed by atoms with Crippen LogP contribution in [0, 0.1) is 11.3 Å². The van der Waals surface area contributed by atoms with Gasteiger partial charge < -0.3 is 14.8 Å². The van der Waals surface area contributed by atoms with Gasteiger partial charge in [0.25, 0.3) is 0 Å². The summed E-state index contributed by atoms with van der Waals surface area (Å²) < 4.78 is 10.3. The van der Waals surface area contributed by atoms with Crippen LogP contribution < -0.4 is 14.8 Å². The van der Waals surface area contributed by atoms with E-state index >= 15 is 0 Å². The van der Waals surface area contributed by atoms with E-state index in [1.165, 1.54) is 7.11 Å². The molecule has 0 aromatic heterocycles. The van der Waals surface area contributed by atoms with Crippen molar-refractivity contribution < 1.29 is 14.3 Å². The normalized spacial score (nSPS) is 11.3. The van der Waals surface area contributed by atoms with Crippen LogP contribution in [0.2, 0.25) is 0 Å². The molecule has 0 aliphatic heterocycles. The quantitative estimate of drug-likeness (QED) is 0.853. The van der Waals surface area contributed by atoms with Crippen molar-refractivity contribution in [3.8, 4) is 17.6 Å². The number of amides is 1. The lowest BCUT2D eigenvalue weighted by Gasteiger charge is -2.14. The molecule has 1 atom stereocenters. The molecular weight excluding hydrogens is 244 g/mol. The molecule has 1 aromatic carbocycles. The van der Waals surface area contributed by atoms with Gasteiger partial charge in [-0.05, 0) is 24.1 Å². The number of benzene rings is 1. The zero-order valence-corrected chi connectivity index (χ0v) is 11.4. The molecule has 1 unspecified atom stereocenters. The van der Waals surface area contributed by atoms with Gasteiger partial charge in [-0.3, -0.25) is 4.79 Å². The summed E-state index contributed by atoms with van der Waals surface area (Å²) in [4.78, 5) is 11.5. The summed E-state index contributed by atoms with van der Waals surface area (Å²) in [5.41, 5.74) is 0.671. The lowest BCUT2D eigenvalue weighted by Crippen LogP contribution is -2.27. The molecule has 102 valence electrons. The Bertz CT molecular complexity index is 480. The van der Waals surface area contributed by atoms with Crippen molar-refractivity contribution in [1.82, 2.24) is 5.32 Å². The first-order valence-corrected chi connectivity index (χ1v) is 6.07. The molecule has 1 amide bonds. The maximum absolute atomic E-state index is 11.5. The van der Waals surface area contributed by atoms with E-state index in [9.17, 15) is 4.79 Å². The van der Waals surface area contributed by atoms with Crippen molar-refractivity contribution in [1.29, 1.82) is 5.26 Å². The smallest absolute Gasteiger partial charge is 0.221 e. The highest BCUT2D eigenvalue weighted by atomic mass is 16.5. The third-order valence-electron chi connectivity index (χ3n) is 2.65. The predicted molar refractivity (Wildman–Crippen MR) is 71.0 cm³/mol. The van der Waals surface area contributed by atoms with Crippen LogP contribution in [0.5, 0.6) is 11.5 Å². The monoisotopic (exact) mass is 262 g/mol. The third kappa shape index (κ3) is 3.88. The SMILES string of the molecule is CCCC(=O)NC(C#N)c1ccc(OC)c(OC)c1. The molecule has 0 spiro atoms. The van der Waals surface area contributed by atoms with Gasteiger partial charge in [-0.2, -0.15) is 5.26 Å². The minimum absolute atomic E-state index is 0.135. The summed E-state index contributed by atoms with van der Waals surface area (Å²) in [7, 11) is 3.07. The van der Waals surface area contributed by atoms with E-state index in [4.69, 9.17) is 14.7 Å². The zero-order valence-electron chi connectivity index (χ0n) is 11.4. The number of carbonyl (C=O) groups is 1. The average Bonchev–Trinajstić information content (AvgIpc) is 2.44. The molecular formula is C14H18N2O3. The van der Waals surface area contributed by atoms with Crippen molar-refractivity contribution in [3.05, 3.63) is 23.8 Å². The molecule has 5 heteroatoms. The Kier molecular flexibility index (Phi) is 5.68. The van der Waals surface area contributed by atoms with Gasteiger partial charge >= 0.3 is 0 Å². The first-order valence-electron chi connectivity index (χ1n) is 6.07. The Morgan fingerprint density at radius 3 is 2.58 bits per heavy atom. The third-order valence-corrected chi connectivity index (χ3v) is 2.65. The van der Waals surface area contributed by atoms with Crippen molar-refractivity contribution in [2.75, 3.05) is 14.2 Å². The number of rotatable bonds is 6. The van der Waals surface area contributed by atoms with E-state index < -0.39 is 6.04 Å². The van der Waals surface area contributed by atoms with Crippen LogP contribution in [0.4, 0.5) is 0 Å². The first-order chi connectivity index (χ1) is 9.15. The molecule has 1 aromatic rings. The standard InChI is InChI=1S/C14H18N2O3/c1-4-5-14(17)16-11(9-15)10-6-7-12(18-2)13(8-10)19-3/h6-8,11H,4-5H2,1-3H3,(H,16,17). The Balaban J connectivity index is 2.93. The number of nitriles is 1. The topological polar surface area (TPSA) is 71.4 Å². The van der Waals surface area contributed by atoms with Gasteiger partial charge in [-0.25, -0.2) is 0 Å². The van der Waals surface area contributed by atoms with Gasteiger partial charge in [0.1, 0.15) is 6.04 Å². The van der Waals surface area contributed by atoms with E-state index in [1.54, 1.807) is 25.3 Å². The highest BCUT2D eigenvalue weighted by Gasteiger charge is 2.15. The fourth-order valence-corrected chi connectivity index (χ4v) is 1.68. The minimum Gasteiger partial charge on any atom is -0.493 e. The van der Waals surface area contributed by atoms with Crippen molar-refractivity contribution in [2.24, 2.45) is 0 Å². The van der Waals surface area contributed by atoms with E-state index in [2.05, 4.69) is 11.4 Å². The van der Waals surface area contributed by atoms with Gasteiger partial charge in [-0.1, -0.05) is 13.0 Å². The highest BCUT2D eigenvalue weighted by molar-refractivity contribution is 5.76. The second kappa shape index (κ2) is 7.27. The van der Waals surface area contributed by atoms with E-state index in [0.29, 0.717) is 23.5 Å². The van der Waals surface area contributed by atoms with Gasteiger partial charge in [0.2, 0.25) is 5.91 Å². The summed E-state index contributed by atoms with van der Waals surface area (Å²) in [6.45, 7) is 1.91. The zero-order chi connectivity index (χ0) is 14.3. The maximum Gasteiger partial charge on any atom is 0.221 e. The highest BCUT2D eigenvalue weighted by Crippen LogP contribution is 2.29. The van der Waals surface area contributed by atoms with Crippen LogP contribution in [0.3, 0.4) is 0 Å². The first kappa shape index (κ1) is 14.8. The summed E-state index contributed by atoms with van der Waals surface area (Å²) in [6.07, 6.45) is 1.15. The Labute approximate surface area is 113 Å². The number of ether oxygens (including phenoxy) is 2. The van der Waals surface area contributed by atoms with E-state index in [0.717, 1.165) is 6.42 Å². The van der Waals surface area contributed by atoms with E-state index in [1.807, 2.05) is 6.92 Å². The van der Waals surface area contributed by atoms with E-state index in [-0.39, 0.29) is 5.91 Å². The van der Waals surface area contributed by atoms with Crippen molar-refractivity contribution >= 4 is 5.91 Å². The Morgan fingerprint density at radius 1 is 1.37 bits per heavy atom. The fraction of sp³-hybridized carbons (Fsp3) is 0.429. The molecule has 0 aliphatic rings. The second-order valence-electron chi connectivity index (χ2n) is 3.99. The van der Waals surface area contributed by atoms with Crippen LogP contribution in [-0.4, -0.2) is 20.1 Å². The van der Waals surface area contributed by atoms with Crippen molar-refractivity contribution in [2.45, 2.75) is 25.8 Å². The summed E-state index contributed by atoms with van der Waals surface area (Å²) in [6, 6.07) is 6.53. The maximum atomic E-state index is 11.5. The fourth-order valence-electron chi connectivity index (χ4n) is 1.68. The lowest BCUT2D eigenvalue weighted by molar-refractivity contribution is -0.121. The Hall–Kier alpha value is -2.22. The van der Waals surface area contributed by atoms with Crippen LogP contribution in [-0.2, 0) is 4.79 Å². The largest absolute Gasteiger partial charge is 0.493 e. The Morgan fingerprint density at radius 2 is 2.05 bits per heavy atom. The molecule has 0 saturated heterocycles. The van der Waals surface area contributed by atoms with Crippen LogP contribution >= 0.6 is 0 Å². The molecule has 1 N–H and O–H groups in total.